The largest absolute Gasteiger partial charge is 0.496 e. The number of esters is 1. The minimum Gasteiger partial charge on any atom is -0.496 e. The number of hydrogen-bond donors (Lipinski definition) is 1. The second-order valence-corrected chi connectivity index (χ2v) is 6.64. The van der Waals surface area contributed by atoms with E-state index in [0.717, 1.165) is 5.56 Å². The maximum Gasteiger partial charge on any atom is 0.373 e. The van der Waals surface area contributed by atoms with Gasteiger partial charge < -0.3 is 19.7 Å². The SMILES string of the molecule is COC(=O)c1ccc(C(C)Sc2nnc(-c3ccccc3OC)n2N)o1. The summed E-state index contributed by atoms with van der Waals surface area (Å²) in [5.74, 6) is 7.56. The predicted octanol–water partition coefficient (Wildman–Crippen LogP) is 2.90. The topological polar surface area (TPSA) is 105 Å². The van der Waals surface area contributed by atoms with E-state index in [-0.39, 0.29) is 11.0 Å². The molecule has 2 N–H and O–H groups in total. The third kappa shape index (κ3) is 3.38. The summed E-state index contributed by atoms with van der Waals surface area (Å²) in [6.45, 7) is 1.92. The molecule has 26 heavy (non-hydrogen) atoms. The van der Waals surface area contributed by atoms with E-state index in [1.165, 1.54) is 23.5 Å². The van der Waals surface area contributed by atoms with Gasteiger partial charge in [-0.2, -0.15) is 0 Å². The Morgan fingerprint density at radius 1 is 1.23 bits per heavy atom. The number of carbonyl (C=O) groups is 1. The molecule has 1 atom stereocenters. The van der Waals surface area contributed by atoms with Crippen LogP contribution >= 0.6 is 11.8 Å². The van der Waals surface area contributed by atoms with E-state index in [1.807, 2.05) is 31.2 Å². The van der Waals surface area contributed by atoms with E-state index in [1.54, 1.807) is 19.2 Å². The van der Waals surface area contributed by atoms with Gasteiger partial charge in [-0.05, 0) is 31.2 Å². The van der Waals surface area contributed by atoms with Gasteiger partial charge in [0.05, 0.1) is 25.0 Å². The number of nitrogens with zero attached hydrogens (tertiary/aromatic N) is 3. The summed E-state index contributed by atoms with van der Waals surface area (Å²) in [4.78, 5) is 11.5. The van der Waals surface area contributed by atoms with E-state index in [2.05, 4.69) is 14.9 Å². The second kappa shape index (κ2) is 7.52. The summed E-state index contributed by atoms with van der Waals surface area (Å²) in [5.41, 5.74) is 0.746. The van der Waals surface area contributed by atoms with Crippen LogP contribution < -0.4 is 10.6 Å². The number of methoxy groups -OCH3 is 2. The number of thioether (sulfide) groups is 1. The van der Waals surface area contributed by atoms with Crippen molar-refractivity contribution in [1.29, 1.82) is 0 Å². The number of nitrogen functional groups attached to an aromatic ring is 1. The molecule has 0 aliphatic rings. The second-order valence-electron chi connectivity index (χ2n) is 5.33. The van der Waals surface area contributed by atoms with Crippen molar-refractivity contribution in [2.24, 2.45) is 0 Å². The van der Waals surface area contributed by atoms with Gasteiger partial charge in [-0.3, -0.25) is 0 Å². The zero-order valence-corrected chi connectivity index (χ0v) is 15.3. The summed E-state index contributed by atoms with van der Waals surface area (Å²) in [5, 5.41) is 8.70. The van der Waals surface area contributed by atoms with Gasteiger partial charge in [-0.15, -0.1) is 10.2 Å². The summed E-state index contributed by atoms with van der Waals surface area (Å²) in [7, 11) is 2.89. The fourth-order valence-corrected chi connectivity index (χ4v) is 3.22. The molecule has 0 aliphatic carbocycles. The number of benzene rings is 1. The van der Waals surface area contributed by atoms with Crippen LogP contribution in [0.15, 0.2) is 46.0 Å². The van der Waals surface area contributed by atoms with Gasteiger partial charge in [0.2, 0.25) is 10.9 Å². The Labute approximate surface area is 154 Å². The maximum absolute atomic E-state index is 11.5. The molecule has 2 heterocycles. The third-order valence-electron chi connectivity index (χ3n) is 3.71. The maximum atomic E-state index is 11.5. The molecule has 0 saturated heterocycles. The molecule has 0 amide bonds. The first-order valence-corrected chi connectivity index (χ1v) is 8.61. The molecule has 0 aliphatic heterocycles. The highest BCUT2D eigenvalue weighted by atomic mass is 32.2. The Morgan fingerprint density at radius 3 is 2.73 bits per heavy atom. The molecular formula is C17H18N4O4S. The number of hydrogen-bond acceptors (Lipinski definition) is 8. The Morgan fingerprint density at radius 2 is 2.00 bits per heavy atom. The first-order valence-electron chi connectivity index (χ1n) is 7.73. The lowest BCUT2D eigenvalue weighted by Crippen LogP contribution is -2.12. The summed E-state index contributed by atoms with van der Waals surface area (Å²) >= 11 is 1.36. The van der Waals surface area contributed by atoms with Gasteiger partial charge in [-0.25, -0.2) is 9.47 Å². The predicted molar refractivity (Wildman–Crippen MR) is 96.5 cm³/mol. The van der Waals surface area contributed by atoms with Gasteiger partial charge in [0.1, 0.15) is 11.5 Å². The minimum atomic E-state index is -0.520. The number of carbonyl (C=O) groups excluding carboxylic acids is 1. The van der Waals surface area contributed by atoms with Crippen LogP contribution in [0.5, 0.6) is 5.75 Å². The molecular weight excluding hydrogens is 356 g/mol. The van der Waals surface area contributed by atoms with Crippen LogP contribution in [0.3, 0.4) is 0 Å². The Kier molecular flexibility index (Phi) is 5.17. The minimum absolute atomic E-state index is 0.134. The number of furan rings is 1. The lowest BCUT2D eigenvalue weighted by atomic mass is 10.2. The standard InChI is InChI=1S/C17H18N4O4S/c1-10(12-8-9-14(25-12)16(22)24-3)26-17-20-19-15(21(17)18)11-6-4-5-7-13(11)23-2/h4-10H,18H2,1-3H3. The molecule has 136 valence electrons. The Balaban J connectivity index is 1.82. The van der Waals surface area contributed by atoms with Crippen molar-refractivity contribution < 1.29 is 18.7 Å². The van der Waals surface area contributed by atoms with Crippen LogP contribution in [-0.2, 0) is 4.74 Å². The van der Waals surface area contributed by atoms with Crippen LogP contribution in [-0.4, -0.2) is 35.1 Å². The van der Waals surface area contributed by atoms with E-state index in [4.69, 9.17) is 15.0 Å². The van der Waals surface area contributed by atoms with E-state index >= 15 is 0 Å². The lowest BCUT2D eigenvalue weighted by molar-refractivity contribution is 0.0563. The quantitative estimate of drug-likeness (QED) is 0.399. The van der Waals surface area contributed by atoms with Crippen molar-refractivity contribution in [3.8, 4) is 17.1 Å². The number of para-hydroxylation sites is 1. The highest BCUT2D eigenvalue weighted by Crippen LogP contribution is 2.36. The van der Waals surface area contributed by atoms with Crippen LogP contribution in [0.4, 0.5) is 0 Å². The first kappa shape index (κ1) is 17.9. The summed E-state index contributed by atoms with van der Waals surface area (Å²) in [6, 6.07) is 10.7. The molecule has 1 aromatic carbocycles. The van der Waals surface area contributed by atoms with Crippen molar-refractivity contribution in [3.05, 3.63) is 47.9 Å². The molecule has 2 aromatic heterocycles. The molecule has 0 radical (unpaired) electrons. The van der Waals surface area contributed by atoms with Crippen LogP contribution in [0, 0.1) is 0 Å². The molecule has 0 fully saturated rings. The summed E-state index contributed by atoms with van der Waals surface area (Å²) < 4.78 is 16.9. The van der Waals surface area contributed by atoms with Gasteiger partial charge >= 0.3 is 5.97 Å². The van der Waals surface area contributed by atoms with Gasteiger partial charge in [0.25, 0.3) is 0 Å². The van der Waals surface area contributed by atoms with E-state index in [0.29, 0.717) is 22.5 Å². The van der Waals surface area contributed by atoms with Crippen LogP contribution in [0.1, 0.15) is 28.5 Å². The van der Waals surface area contributed by atoms with Gasteiger partial charge in [-0.1, -0.05) is 23.9 Å². The van der Waals surface area contributed by atoms with Gasteiger partial charge in [0, 0.05) is 0 Å². The van der Waals surface area contributed by atoms with Crippen molar-refractivity contribution in [1.82, 2.24) is 14.9 Å². The van der Waals surface area contributed by atoms with Gasteiger partial charge in [0.15, 0.2) is 5.82 Å². The molecule has 8 nitrogen and oxygen atoms in total. The van der Waals surface area contributed by atoms with Crippen molar-refractivity contribution in [2.75, 3.05) is 20.1 Å². The zero-order valence-electron chi connectivity index (χ0n) is 14.5. The zero-order chi connectivity index (χ0) is 18.7. The number of aromatic nitrogens is 3. The molecule has 0 spiro atoms. The fraction of sp³-hybridized carbons (Fsp3) is 0.235. The van der Waals surface area contributed by atoms with E-state index < -0.39 is 5.97 Å². The first-order chi connectivity index (χ1) is 12.5. The average Bonchev–Trinajstić information content (AvgIpc) is 3.29. The van der Waals surface area contributed by atoms with Crippen molar-refractivity contribution in [3.63, 3.8) is 0 Å². The molecule has 0 saturated carbocycles. The van der Waals surface area contributed by atoms with E-state index in [9.17, 15) is 4.79 Å². The monoisotopic (exact) mass is 374 g/mol. The molecule has 9 heteroatoms. The number of nitrogens with two attached hydrogens (primary N) is 1. The Hall–Kier alpha value is -2.94. The van der Waals surface area contributed by atoms with Crippen LogP contribution in [0.2, 0.25) is 0 Å². The Bertz CT molecular complexity index is 921. The third-order valence-corrected chi connectivity index (χ3v) is 4.78. The van der Waals surface area contributed by atoms with Crippen molar-refractivity contribution in [2.45, 2.75) is 17.3 Å². The highest BCUT2D eigenvalue weighted by Gasteiger charge is 2.21. The average molecular weight is 374 g/mol. The normalized spacial score (nSPS) is 12.0. The smallest absolute Gasteiger partial charge is 0.373 e. The van der Waals surface area contributed by atoms with Crippen LogP contribution in [0.25, 0.3) is 11.4 Å². The molecule has 3 aromatic rings. The molecule has 1 unspecified atom stereocenters. The molecule has 3 rings (SSSR count). The highest BCUT2D eigenvalue weighted by molar-refractivity contribution is 7.99. The fourth-order valence-electron chi connectivity index (χ4n) is 2.37. The summed E-state index contributed by atoms with van der Waals surface area (Å²) in [6.07, 6.45) is 0. The van der Waals surface area contributed by atoms with Crippen molar-refractivity contribution >= 4 is 17.7 Å². The number of ether oxygens (including phenoxy) is 2. The lowest BCUT2D eigenvalue weighted by Gasteiger charge is -2.09. The number of rotatable bonds is 6. The molecule has 0 bridgehead atoms.